The van der Waals surface area contributed by atoms with Crippen molar-refractivity contribution >= 4 is 32.7 Å². The van der Waals surface area contributed by atoms with E-state index in [4.69, 9.17) is 9.15 Å². The standard InChI is InChI=1S/C16H11BrO3/c17-12-5-3-6-13(9-12)19-10-14(18)16-8-11-4-1-2-7-15(11)20-16/h1-9H,10H2. The Morgan fingerprint density at radius 3 is 2.75 bits per heavy atom. The molecule has 0 amide bonds. The summed E-state index contributed by atoms with van der Waals surface area (Å²) in [6, 6.07) is 16.6. The van der Waals surface area contributed by atoms with Crippen molar-refractivity contribution in [3.63, 3.8) is 0 Å². The minimum atomic E-state index is -0.179. The highest BCUT2D eigenvalue weighted by molar-refractivity contribution is 9.10. The van der Waals surface area contributed by atoms with E-state index in [2.05, 4.69) is 15.9 Å². The molecule has 100 valence electrons. The van der Waals surface area contributed by atoms with Gasteiger partial charge in [0.2, 0.25) is 5.78 Å². The van der Waals surface area contributed by atoms with Crippen LogP contribution in [-0.2, 0) is 0 Å². The van der Waals surface area contributed by atoms with Gasteiger partial charge >= 0.3 is 0 Å². The number of halogens is 1. The highest BCUT2D eigenvalue weighted by Crippen LogP contribution is 2.20. The van der Waals surface area contributed by atoms with Crippen molar-refractivity contribution in [1.29, 1.82) is 0 Å². The van der Waals surface area contributed by atoms with Gasteiger partial charge in [-0.1, -0.05) is 40.2 Å². The Labute approximate surface area is 124 Å². The zero-order valence-corrected chi connectivity index (χ0v) is 12.1. The predicted octanol–water partition coefficient (Wildman–Crippen LogP) is 4.46. The maximum absolute atomic E-state index is 12.0. The van der Waals surface area contributed by atoms with Gasteiger partial charge in [0.25, 0.3) is 0 Å². The van der Waals surface area contributed by atoms with Crippen LogP contribution in [0.25, 0.3) is 11.0 Å². The number of Topliss-reactive ketones (excluding diaryl/α,β-unsaturated/α-hetero) is 1. The number of para-hydroxylation sites is 1. The largest absolute Gasteiger partial charge is 0.485 e. The van der Waals surface area contributed by atoms with E-state index in [1.165, 1.54) is 0 Å². The van der Waals surface area contributed by atoms with E-state index in [-0.39, 0.29) is 12.4 Å². The van der Waals surface area contributed by atoms with E-state index in [9.17, 15) is 4.79 Å². The first-order valence-electron chi connectivity index (χ1n) is 6.12. The molecule has 0 bridgehead atoms. The van der Waals surface area contributed by atoms with E-state index in [0.29, 0.717) is 17.1 Å². The molecule has 0 saturated heterocycles. The molecule has 1 heterocycles. The molecular formula is C16H11BrO3. The van der Waals surface area contributed by atoms with Gasteiger partial charge in [-0.25, -0.2) is 0 Å². The molecule has 0 saturated carbocycles. The number of rotatable bonds is 4. The van der Waals surface area contributed by atoms with Gasteiger partial charge in [0.15, 0.2) is 12.4 Å². The Morgan fingerprint density at radius 1 is 1.10 bits per heavy atom. The highest BCUT2D eigenvalue weighted by atomic mass is 79.9. The molecule has 0 fully saturated rings. The van der Waals surface area contributed by atoms with Crippen molar-refractivity contribution < 1.29 is 13.9 Å². The molecule has 0 radical (unpaired) electrons. The molecule has 0 aliphatic rings. The van der Waals surface area contributed by atoms with E-state index in [1.54, 1.807) is 12.1 Å². The van der Waals surface area contributed by atoms with Crippen LogP contribution >= 0.6 is 15.9 Å². The Hall–Kier alpha value is -2.07. The second-order valence-electron chi connectivity index (χ2n) is 4.32. The Balaban J connectivity index is 1.73. The summed E-state index contributed by atoms with van der Waals surface area (Å²) >= 11 is 3.35. The lowest BCUT2D eigenvalue weighted by molar-refractivity contribution is 0.0896. The number of fused-ring (bicyclic) bond motifs is 1. The topological polar surface area (TPSA) is 39.4 Å². The molecule has 3 nitrogen and oxygen atoms in total. The van der Waals surface area contributed by atoms with Crippen LogP contribution in [0.15, 0.2) is 63.5 Å². The van der Waals surface area contributed by atoms with Crippen LogP contribution in [0.1, 0.15) is 10.6 Å². The molecule has 2 aromatic carbocycles. The third-order valence-electron chi connectivity index (χ3n) is 2.87. The Kier molecular flexibility index (Phi) is 3.56. The number of ether oxygens (including phenoxy) is 1. The average molecular weight is 331 g/mol. The SMILES string of the molecule is O=C(COc1cccc(Br)c1)c1cc2ccccc2o1. The maximum atomic E-state index is 12.0. The Morgan fingerprint density at radius 2 is 1.95 bits per heavy atom. The van der Waals surface area contributed by atoms with Crippen LogP contribution in [-0.4, -0.2) is 12.4 Å². The quantitative estimate of drug-likeness (QED) is 0.663. The monoisotopic (exact) mass is 330 g/mol. The summed E-state index contributed by atoms with van der Waals surface area (Å²) in [5.74, 6) is 0.784. The smallest absolute Gasteiger partial charge is 0.235 e. The Bertz CT molecular complexity index is 728. The van der Waals surface area contributed by atoms with Crippen molar-refractivity contribution in [2.45, 2.75) is 0 Å². The maximum Gasteiger partial charge on any atom is 0.235 e. The number of carbonyl (C=O) groups is 1. The van der Waals surface area contributed by atoms with Crippen LogP contribution in [0.4, 0.5) is 0 Å². The van der Waals surface area contributed by atoms with Gasteiger partial charge in [0.1, 0.15) is 11.3 Å². The van der Waals surface area contributed by atoms with Gasteiger partial charge < -0.3 is 9.15 Å². The average Bonchev–Trinajstić information content (AvgIpc) is 2.89. The summed E-state index contributed by atoms with van der Waals surface area (Å²) < 4.78 is 11.9. The number of hydrogen-bond donors (Lipinski definition) is 0. The van der Waals surface area contributed by atoms with Gasteiger partial charge in [0, 0.05) is 9.86 Å². The molecule has 4 heteroatoms. The van der Waals surface area contributed by atoms with Crippen molar-refractivity contribution in [3.05, 3.63) is 64.8 Å². The fourth-order valence-corrected chi connectivity index (χ4v) is 2.27. The first-order valence-corrected chi connectivity index (χ1v) is 6.92. The normalized spacial score (nSPS) is 10.7. The number of ketones is 1. The summed E-state index contributed by atoms with van der Waals surface area (Å²) in [5, 5.41) is 0.915. The third-order valence-corrected chi connectivity index (χ3v) is 3.36. The minimum absolute atomic E-state index is 0.0454. The molecule has 0 aliphatic carbocycles. The van der Waals surface area contributed by atoms with Gasteiger partial charge in [-0.3, -0.25) is 4.79 Å². The third kappa shape index (κ3) is 2.75. The lowest BCUT2D eigenvalue weighted by Crippen LogP contribution is -2.10. The zero-order chi connectivity index (χ0) is 13.9. The summed E-state index contributed by atoms with van der Waals surface area (Å²) in [6.45, 7) is -0.0454. The molecule has 1 aromatic heterocycles. The minimum Gasteiger partial charge on any atom is -0.485 e. The lowest BCUT2D eigenvalue weighted by atomic mass is 10.2. The van der Waals surface area contributed by atoms with Crippen molar-refractivity contribution in [1.82, 2.24) is 0 Å². The van der Waals surface area contributed by atoms with Crippen LogP contribution < -0.4 is 4.74 Å². The number of hydrogen-bond acceptors (Lipinski definition) is 3. The summed E-state index contributed by atoms with van der Waals surface area (Å²) in [5.41, 5.74) is 0.707. The predicted molar refractivity (Wildman–Crippen MR) is 80.2 cm³/mol. The van der Waals surface area contributed by atoms with E-state index in [0.717, 1.165) is 9.86 Å². The van der Waals surface area contributed by atoms with Crippen LogP contribution in [0.3, 0.4) is 0 Å². The van der Waals surface area contributed by atoms with E-state index < -0.39 is 0 Å². The second kappa shape index (κ2) is 5.51. The first-order chi connectivity index (χ1) is 9.72. The van der Waals surface area contributed by atoms with Gasteiger partial charge in [-0.15, -0.1) is 0 Å². The molecule has 3 aromatic rings. The summed E-state index contributed by atoms with van der Waals surface area (Å²) in [6.07, 6.45) is 0. The van der Waals surface area contributed by atoms with Crippen LogP contribution in [0.2, 0.25) is 0 Å². The van der Waals surface area contributed by atoms with Gasteiger partial charge in [-0.2, -0.15) is 0 Å². The molecule has 0 spiro atoms. The molecule has 0 atom stereocenters. The van der Waals surface area contributed by atoms with Crippen molar-refractivity contribution in [2.24, 2.45) is 0 Å². The number of benzene rings is 2. The molecule has 0 unspecified atom stereocenters. The van der Waals surface area contributed by atoms with Crippen molar-refractivity contribution in [2.75, 3.05) is 6.61 Å². The first kappa shape index (κ1) is 12.9. The molecule has 3 rings (SSSR count). The van der Waals surface area contributed by atoms with E-state index >= 15 is 0 Å². The fourth-order valence-electron chi connectivity index (χ4n) is 1.90. The van der Waals surface area contributed by atoms with Crippen LogP contribution in [0, 0.1) is 0 Å². The molecule has 0 aliphatic heterocycles. The molecule has 20 heavy (non-hydrogen) atoms. The van der Waals surface area contributed by atoms with Gasteiger partial charge in [0.05, 0.1) is 0 Å². The van der Waals surface area contributed by atoms with Crippen LogP contribution in [0.5, 0.6) is 5.75 Å². The van der Waals surface area contributed by atoms with E-state index in [1.807, 2.05) is 42.5 Å². The summed E-state index contributed by atoms with van der Waals surface area (Å²) in [4.78, 5) is 12.0. The van der Waals surface area contributed by atoms with Crippen molar-refractivity contribution in [3.8, 4) is 5.75 Å². The molecular weight excluding hydrogens is 320 g/mol. The number of carbonyl (C=O) groups excluding carboxylic acids is 1. The molecule has 0 N–H and O–H groups in total. The fraction of sp³-hybridized carbons (Fsp3) is 0.0625. The lowest BCUT2D eigenvalue weighted by Gasteiger charge is -2.04. The number of furan rings is 1. The zero-order valence-electron chi connectivity index (χ0n) is 10.5. The van der Waals surface area contributed by atoms with Gasteiger partial charge in [-0.05, 0) is 30.3 Å². The summed E-state index contributed by atoms with van der Waals surface area (Å²) in [7, 11) is 0. The second-order valence-corrected chi connectivity index (χ2v) is 5.23. The highest BCUT2D eigenvalue weighted by Gasteiger charge is 2.12.